The second-order valence-corrected chi connectivity index (χ2v) is 5.16. The van der Waals surface area contributed by atoms with E-state index in [1.54, 1.807) is 6.07 Å². The zero-order valence-corrected chi connectivity index (χ0v) is 12.8. The summed E-state index contributed by atoms with van der Waals surface area (Å²) in [5.74, 6) is -1.84. The molecular formula is C13H11BrN2O5. The van der Waals surface area contributed by atoms with Gasteiger partial charge >= 0.3 is 17.8 Å². The monoisotopic (exact) mass is 354 g/mol. The summed E-state index contributed by atoms with van der Waals surface area (Å²) < 4.78 is 5.62. The van der Waals surface area contributed by atoms with Crippen LogP contribution < -0.4 is 4.74 Å². The molecule has 1 aromatic carbocycles. The Morgan fingerprint density at radius 3 is 2.38 bits per heavy atom. The van der Waals surface area contributed by atoms with Gasteiger partial charge in [0.15, 0.2) is 5.78 Å². The number of imide groups is 2. The van der Waals surface area contributed by atoms with Gasteiger partial charge in [-0.2, -0.15) is 0 Å². The van der Waals surface area contributed by atoms with E-state index in [0.717, 1.165) is 0 Å². The number of ether oxygens (including phenoxy) is 1. The number of Topliss-reactive ketones (excluding diaryl/α,β-unsaturated/α-hetero) is 1. The fourth-order valence-corrected chi connectivity index (χ4v) is 2.37. The highest BCUT2D eigenvalue weighted by atomic mass is 79.9. The summed E-state index contributed by atoms with van der Waals surface area (Å²) in [4.78, 5) is 48.1. The smallest absolute Gasteiger partial charge is 0.334 e. The van der Waals surface area contributed by atoms with Gasteiger partial charge in [0.2, 0.25) is 0 Å². The first kappa shape index (κ1) is 15.2. The standard InChI is InChI=1S/C13H11BrN2O5/c1-15-11(18)12(19)16(13(15)20)6-9(17)7-3-4-10(21-2)8(14)5-7/h3-5H,6H2,1-2H3. The van der Waals surface area contributed by atoms with Crippen LogP contribution in [0.25, 0.3) is 0 Å². The lowest BCUT2D eigenvalue weighted by Gasteiger charge is -2.12. The average Bonchev–Trinajstić information content (AvgIpc) is 2.65. The molecule has 8 heteroatoms. The summed E-state index contributed by atoms with van der Waals surface area (Å²) in [6, 6.07) is 3.83. The van der Waals surface area contributed by atoms with E-state index in [1.165, 1.54) is 26.3 Å². The molecular weight excluding hydrogens is 344 g/mol. The first-order valence-corrected chi connectivity index (χ1v) is 6.66. The molecule has 7 nitrogen and oxygen atoms in total. The molecule has 1 heterocycles. The fraction of sp³-hybridized carbons (Fsp3) is 0.231. The fourth-order valence-electron chi connectivity index (χ4n) is 1.83. The third-order valence-corrected chi connectivity index (χ3v) is 3.65. The maximum absolute atomic E-state index is 12.1. The van der Waals surface area contributed by atoms with Crippen molar-refractivity contribution in [3.05, 3.63) is 28.2 Å². The Kier molecular flexibility index (Phi) is 4.08. The Balaban J connectivity index is 2.19. The molecule has 0 saturated carbocycles. The highest BCUT2D eigenvalue weighted by Crippen LogP contribution is 2.26. The van der Waals surface area contributed by atoms with Gasteiger partial charge in [-0.25, -0.2) is 9.69 Å². The zero-order valence-electron chi connectivity index (χ0n) is 11.3. The Bertz CT molecular complexity index is 658. The zero-order chi connectivity index (χ0) is 15.7. The number of ketones is 1. The number of hydrogen-bond acceptors (Lipinski definition) is 5. The number of rotatable bonds is 4. The van der Waals surface area contributed by atoms with Crippen molar-refractivity contribution in [2.75, 3.05) is 20.7 Å². The minimum Gasteiger partial charge on any atom is -0.496 e. The predicted molar refractivity (Wildman–Crippen MR) is 74.9 cm³/mol. The maximum Gasteiger partial charge on any atom is 0.334 e. The normalized spacial score (nSPS) is 14.9. The second-order valence-electron chi connectivity index (χ2n) is 4.31. The van der Waals surface area contributed by atoms with Gasteiger partial charge < -0.3 is 4.74 Å². The number of likely N-dealkylation sites (N-methyl/N-ethyl adjacent to an activating group) is 1. The van der Waals surface area contributed by atoms with Crippen molar-refractivity contribution >= 4 is 39.6 Å². The number of methoxy groups -OCH3 is 1. The molecule has 0 bridgehead atoms. The number of urea groups is 1. The number of benzene rings is 1. The summed E-state index contributed by atoms with van der Waals surface area (Å²) in [5, 5.41) is 0. The molecule has 1 fully saturated rings. The van der Waals surface area contributed by atoms with Gasteiger partial charge in [-0.3, -0.25) is 19.3 Å². The topological polar surface area (TPSA) is 84.0 Å². The van der Waals surface area contributed by atoms with E-state index in [0.29, 0.717) is 25.6 Å². The van der Waals surface area contributed by atoms with Crippen LogP contribution in [0.1, 0.15) is 10.4 Å². The number of halogens is 1. The Morgan fingerprint density at radius 2 is 1.90 bits per heavy atom. The van der Waals surface area contributed by atoms with Crippen molar-refractivity contribution in [3.63, 3.8) is 0 Å². The molecule has 0 atom stereocenters. The molecule has 0 aromatic heterocycles. The molecule has 0 radical (unpaired) electrons. The molecule has 0 aliphatic carbocycles. The number of carbonyl (C=O) groups is 4. The largest absolute Gasteiger partial charge is 0.496 e. The van der Waals surface area contributed by atoms with Crippen molar-refractivity contribution in [1.29, 1.82) is 0 Å². The first-order valence-electron chi connectivity index (χ1n) is 5.87. The van der Waals surface area contributed by atoms with E-state index in [1.807, 2.05) is 0 Å². The number of hydrogen-bond donors (Lipinski definition) is 0. The van der Waals surface area contributed by atoms with Crippen molar-refractivity contribution in [1.82, 2.24) is 9.80 Å². The number of nitrogens with zero attached hydrogens (tertiary/aromatic N) is 2. The highest BCUT2D eigenvalue weighted by molar-refractivity contribution is 9.10. The Morgan fingerprint density at radius 1 is 1.24 bits per heavy atom. The van der Waals surface area contributed by atoms with Crippen LogP contribution in [0.2, 0.25) is 0 Å². The lowest BCUT2D eigenvalue weighted by molar-refractivity contribution is -0.142. The molecule has 110 valence electrons. The van der Waals surface area contributed by atoms with Gasteiger partial charge in [0.05, 0.1) is 18.1 Å². The van der Waals surface area contributed by atoms with Crippen LogP contribution in [-0.4, -0.2) is 54.1 Å². The minimum atomic E-state index is -0.997. The molecule has 4 amide bonds. The van der Waals surface area contributed by atoms with E-state index in [4.69, 9.17) is 4.74 Å². The lowest BCUT2D eigenvalue weighted by Crippen LogP contribution is -2.36. The van der Waals surface area contributed by atoms with Crippen LogP contribution in [0.15, 0.2) is 22.7 Å². The highest BCUT2D eigenvalue weighted by Gasteiger charge is 2.43. The Hall–Kier alpha value is -2.22. The Labute approximate surface area is 128 Å². The van der Waals surface area contributed by atoms with Gasteiger partial charge in [-0.05, 0) is 34.1 Å². The van der Waals surface area contributed by atoms with Crippen LogP contribution in [0, 0.1) is 0 Å². The van der Waals surface area contributed by atoms with E-state index in [-0.39, 0.29) is 0 Å². The van der Waals surface area contributed by atoms with E-state index < -0.39 is 30.2 Å². The van der Waals surface area contributed by atoms with Crippen LogP contribution in [0.5, 0.6) is 5.75 Å². The third-order valence-electron chi connectivity index (χ3n) is 3.03. The lowest BCUT2D eigenvalue weighted by atomic mass is 10.1. The van der Waals surface area contributed by atoms with Gasteiger partial charge in [0.1, 0.15) is 5.75 Å². The van der Waals surface area contributed by atoms with Crippen LogP contribution >= 0.6 is 15.9 Å². The van der Waals surface area contributed by atoms with Crippen molar-refractivity contribution in [3.8, 4) is 5.75 Å². The third kappa shape index (κ3) is 2.66. The number of carbonyl (C=O) groups excluding carboxylic acids is 4. The van der Waals surface area contributed by atoms with Gasteiger partial charge in [0.25, 0.3) is 0 Å². The molecule has 1 saturated heterocycles. The second kappa shape index (κ2) is 5.65. The molecule has 2 rings (SSSR count). The maximum atomic E-state index is 12.1. The van der Waals surface area contributed by atoms with Gasteiger partial charge in [-0.1, -0.05) is 0 Å². The molecule has 1 aliphatic heterocycles. The van der Waals surface area contributed by atoms with Crippen LogP contribution in [-0.2, 0) is 9.59 Å². The molecule has 1 aliphatic rings. The quantitative estimate of drug-likeness (QED) is 0.458. The molecule has 0 unspecified atom stereocenters. The summed E-state index contributed by atoms with van der Waals surface area (Å²) in [5.41, 5.74) is 0.297. The van der Waals surface area contributed by atoms with E-state index >= 15 is 0 Å². The summed E-state index contributed by atoms with van der Waals surface area (Å²) in [6.45, 7) is -0.480. The summed E-state index contributed by atoms with van der Waals surface area (Å²) in [7, 11) is 2.68. The van der Waals surface area contributed by atoms with Gasteiger partial charge in [-0.15, -0.1) is 0 Å². The van der Waals surface area contributed by atoms with E-state index in [9.17, 15) is 19.2 Å². The van der Waals surface area contributed by atoms with Crippen molar-refractivity contribution in [2.45, 2.75) is 0 Å². The number of amides is 4. The van der Waals surface area contributed by atoms with Crippen LogP contribution in [0.3, 0.4) is 0 Å². The molecule has 0 spiro atoms. The minimum absolute atomic E-state index is 0.297. The summed E-state index contributed by atoms with van der Waals surface area (Å²) in [6.07, 6.45) is 0. The van der Waals surface area contributed by atoms with Crippen LogP contribution in [0.4, 0.5) is 4.79 Å². The van der Waals surface area contributed by atoms with Gasteiger partial charge in [0, 0.05) is 12.6 Å². The molecule has 1 aromatic rings. The molecule has 0 N–H and O–H groups in total. The van der Waals surface area contributed by atoms with Crippen molar-refractivity contribution < 1.29 is 23.9 Å². The molecule has 21 heavy (non-hydrogen) atoms. The van der Waals surface area contributed by atoms with Crippen molar-refractivity contribution in [2.24, 2.45) is 0 Å². The van der Waals surface area contributed by atoms with E-state index in [2.05, 4.69) is 15.9 Å². The average molecular weight is 355 g/mol. The summed E-state index contributed by atoms with van der Waals surface area (Å²) >= 11 is 3.24. The predicted octanol–water partition coefficient (Wildman–Crippen LogP) is 1.06. The first-order chi connectivity index (χ1) is 9.86. The SMILES string of the molecule is COc1ccc(C(=O)CN2C(=O)C(=O)N(C)C2=O)cc1Br.